The van der Waals surface area contributed by atoms with E-state index in [0.717, 1.165) is 18.5 Å². The van der Waals surface area contributed by atoms with E-state index in [0.29, 0.717) is 31.7 Å². The molecule has 1 aliphatic heterocycles. The van der Waals surface area contributed by atoms with E-state index in [-0.39, 0.29) is 17.5 Å². The lowest BCUT2D eigenvalue weighted by atomic mass is 10.00. The van der Waals surface area contributed by atoms with Crippen LogP contribution in [-0.2, 0) is 28.9 Å². The highest BCUT2D eigenvalue weighted by Gasteiger charge is 2.29. The van der Waals surface area contributed by atoms with Gasteiger partial charge in [-0.3, -0.25) is 4.68 Å². The molecule has 0 spiro atoms. The average molecular weight is 367 g/mol. The maximum Gasteiger partial charge on any atom is 0.218 e. The van der Waals surface area contributed by atoms with E-state index in [1.54, 1.807) is 10.9 Å². The third-order valence-electron chi connectivity index (χ3n) is 4.38. The molecule has 1 atom stereocenters. The van der Waals surface area contributed by atoms with Crippen LogP contribution in [0.1, 0.15) is 24.1 Å². The molecule has 0 bridgehead atoms. The quantitative estimate of drug-likeness (QED) is 0.826. The summed E-state index contributed by atoms with van der Waals surface area (Å²) in [6.45, 7) is 1.94. The van der Waals surface area contributed by atoms with Gasteiger partial charge < -0.3 is 5.73 Å². The Bertz CT molecular complexity index is 806. The van der Waals surface area contributed by atoms with E-state index < -0.39 is 10.0 Å². The van der Waals surface area contributed by atoms with Crippen molar-refractivity contribution in [1.29, 1.82) is 0 Å². The molecule has 2 aromatic rings. The number of sulfonamides is 1. The summed E-state index contributed by atoms with van der Waals surface area (Å²) in [5.41, 5.74) is 6.84. The Morgan fingerprint density at radius 2 is 2.04 bits per heavy atom. The fraction of sp³-hybridized carbons (Fsp3) is 0.500. The molecular weight excluding hydrogens is 345 g/mol. The van der Waals surface area contributed by atoms with Gasteiger partial charge >= 0.3 is 0 Å². The second-order valence-electron chi connectivity index (χ2n) is 6.39. The molecular formula is C16H22FN5O2S. The standard InChI is InChI=1S/C16H22FN5O2S/c17-15-5-3-13(4-6-15)12-25(23,24)22-7-1-2-14(10-22)9-21-11-16(8-18)19-20-21/h3-6,11,14H,1-2,7-10,12,18H2/t14-/m0/s1. The predicted octanol–water partition coefficient (Wildman–Crippen LogP) is 1.12. The van der Waals surface area contributed by atoms with Crippen LogP contribution in [0.15, 0.2) is 30.5 Å². The Hall–Kier alpha value is -1.84. The maximum absolute atomic E-state index is 13.0. The zero-order valence-electron chi connectivity index (χ0n) is 13.9. The molecule has 136 valence electrons. The minimum absolute atomic E-state index is 0.110. The SMILES string of the molecule is NCc1cn(C[C@@H]2CCCN(S(=O)(=O)Cc3ccc(F)cc3)C2)nn1. The average Bonchev–Trinajstić information content (AvgIpc) is 3.05. The summed E-state index contributed by atoms with van der Waals surface area (Å²) < 4.78 is 41.6. The highest BCUT2D eigenvalue weighted by atomic mass is 32.2. The number of hydrogen-bond acceptors (Lipinski definition) is 5. The van der Waals surface area contributed by atoms with Crippen LogP contribution in [0.4, 0.5) is 4.39 Å². The van der Waals surface area contributed by atoms with Gasteiger partial charge in [0.1, 0.15) is 5.82 Å². The van der Waals surface area contributed by atoms with E-state index >= 15 is 0 Å². The Morgan fingerprint density at radius 3 is 2.72 bits per heavy atom. The zero-order valence-corrected chi connectivity index (χ0v) is 14.7. The van der Waals surface area contributed by atoms with Gasteiger partial charge in [-0.1, -0.05) is 17.3 Å². The number of piperidine rings is 1. The van der Waals surface area contributed by atoms with Crippen LogP contribution in [0, 0.1) is 11.7 Å². The van der Waals surface area contributed by atoms with Crippen LogP contribution in [0.2, 0.25) is 0 Å². The Labute approximate surface area is 146 Å². The van der Waals surface area contributed by atoms with Crippen LogP contribution in [-0.4, -0.2) is 40.8 Å². The lowest BCUT2D eigenvalue weighted by molar-refractivity contribution is 0.238. The number of nitrogens with zero attached hydrogens (tertiary/aromatic N) is 4. The van der Waals surface area contributed by atoms with Crippen molar-refractivity contribution in [2.75, 3.05) is 13.1 Å². The van der Waals surface area contributed by atoms with Crippen molar-refractivity contribution in [3.63, 3.8) is 0 Å². The normalized spacial score (nSPS) is 19.2. The Kier molecular flexibility index (Phi) is 5.45. The molecule has 2 N–H and O–H groups in total. The predicted molar refractivity (Wildman–Crippen MR) is 91.2 cm³/mol. The van der Waals surface area contributed by atoms with Gasteiger partial charge in [0.15, 0.2) is 0 Å². The fourth-order valence-electron chi connectivity index (χ4n) is 3.10. The number of rotatable bonds is 6. The smallest absolute Gasteiger partial charge is 0.218 e. The van der Waals surface area contributed by atoms with Crippen molar-refractivity contribution in [3.8, 4) is 0 Å². The van der Waals surface area contributed by atoms with Crippen LogP contribution in [0.5, 0.6) is 0 Å². The van der Waals surface area contributed by atoms with E-state index in [1.807, 2.05) is 0 Å². The van der Waals surface area contributed by atoms with Crippen molar-refractivity contribution in [1.82, 2.24) is 19.3 Å². The summed E-state index contributed by atoms with van der Waals surface area (Å²) in [7, 11) is -3.43. The second kappa shape index (κ2) is 7.59. The molecule has 9 heteroatoms. The van der Waals surface area contributed by atoms with E-state index in [4.69, 9.17) is 5.73 Å². The summed E-state index contributed by atoms with van der Waals surface area (Å²) in [4.78, 5) is 0. The van der Waals surface area contributed by atoms with Gasteiger partial charge in [0, 0.05) is 32.4 Å². The highest BCUT2D eigenvalue weighted by Crippen LogP contribution is 2.22. The Morgan fingerprint density at radius 1 is 1.28 bits per heavy atom. The van der Waals surface area contributed by atoms with Gasteiger partial charge in [-0.15, -0.1) is 5.10 Å². The van der Waals surface area contributed by atoms with E-state index in [9.17, 15) is 12.8 Å². The Balaban J connectivity index is 1.64. The van der Waals surface area contributed by atoms with Crippen molar-refractivity contribution in [3.05, 3.63) is 47.5 Å². The maximum atomic E-state index is 13.0. The molecule has 1 aliphatic rings. The number of halogens is 1. The van der Waals surface area contributed by atoms with Crippen LogP contribution in [0.25, 0.3) is 0 Å². The van der Waals surface area contributed by atoms with Gasteiger partial charge in [0.2, 0.25) is 10.0 Å². The number of benzene rings is 1. The van der Waals surface area contributed by atoms with Crippen molar-refractivity contribution >= 4 is 10.0 Å². The van der Waals surface area contributed by atoms with E-state index in [1.165, 1.54) is 28.6 Å². The van der Waals surface area contributed by atoms with Crippen molar-refractivity contribution < 1.29 is 12.8 Å². The third kappa shape index (κ3) is 4.62. The molecule has 1 fully saturated rings. The van der Waals surface area contributed by atoms with Gasteiger partial charge in [0.05, 0.1) is 11.4 Å². The topological polar surface area (TPSA) is 94.1 Å². The molecule has 0 aliphatic carbocycles. The van der Waals surface area contributed by atoms with Crippen molar-refractivity contribution in [2.45, 2.75) is 31.7 Å². The molecule has 0 radical (unpaired) electrons. The third-order valence-corrected chi connectivity index (χ3v) is 6.19. The van der Waals surface area contributed by atoms with Crippen LogP contribution >= 0.6 is 0 Å². The van der Waals surface area contributed by atoms with Gasteiger partial charge in [-0.25, -0.2) is 17.1 Å². The number of nitrogens with two attached hydrogens (primary N) is 1. The van der Waals surface area contributed by atoms with Gasteiger partial charge in [-0.05, 0) is 36.5 Å². The summed E-state index contributed by atoms with van der Waals surface area (Å²) in [6, 6.07) is 5.59. The summed E-state index contributed by atoms with van der Waals surface area (Å²) in [5.74, 6) is -0.298. The largest absolute Gasteiger partial charge is 0.325 e. The summed E-state index contributed by atoms with van der Waals surface area (Å²) in [5, 5.41) is 7.98. The highest BCUT2D eigenvalue weighted by molar-refractivity contribution is 7.88. The first-order chi connectivity index (χ1) is 12.0. The zero-order chi connectivity index (χ0) is 17.9. The minimum atomic E-state index is -3.43. The molecule has 25 heavy (non-hydrogen) atoms. The van der Waals surface area contributed by atoms with E-state index in [2.05, 4.69) is 10.3 Å². The lowest BCUT2D eigenvalue weighted by Gasteiger charge is -2.31. The molecule has 1 saturated heterocycles. The molecule has 7 nitrogen and oxygen atoms in total. The molecule has 1 aromatic carbocycles. The van der Waals surface area contributed by atoms with Gasteiger partial charge in [0.25, 0.3) is 0 Å². The second-order valence-corrected chi connectivity index (χ2v) is 8.35. The van der Waals surface area contributed by atoms with Crippen molar-refractivity contribution in [2.24, 2.45) is 11.7 Å². The molecule has 3 rings (SSSR count). The fourth-order valence-corrected chi connectivity index (χ4v) is 4.74. The molecule has 0 saturated carbocycles. The monoisotopic (exact) mass is 367 g/mol. The lowest BCUT2D eigenvalue weighted by Crippen LogP contribution is -2.41. The minimum Gasteiger partial charge on any atom is -0.325 e. The van der Waals surface area contributed by atoms with Crippen LogP contribution < -0.4 is 5.73 Å². The number of aromatic nitrogens is 3. The molecule has 0 unspecified atom stereocenters. The van der Waals surface area contributed by atoms with Gasteiger partial charge in [-0.2, -0.15) is 0 Å². The number of hydrogen-bond donors (Lipinski definition) is 1. The first kappa shape index (κ1) is 18.0. The molecule has 1 aromatic heterocycles. The summed E-state index contributed by atoms with van der Waals surface area (Å²) in [6.07, 6.45) is 3.55. The first-order valence-electron chi connectivity index (χ1n) is 8.27. The molecule has 2 heterocycles. The van der Waals surface area contributed by atoms with Crippen LogP contribution in [0.3, 0.4) is 0 Å². The summed E-state index contributed by atoms with van der Waals surface area (Å²) >= 11 is 0. The first-order valence-corrected chi connectivity index (χ1v) is 9.88. The molecule has 0 amide bonds.